The summed E-state index contributed by atoms with van der Waals surface area (Å²) >= 11 is -0.284. The number of halogens is 1. The number of aromatic nitrogens is 2. The number of pyridine rings is 2. The smallest absolute Gasteiger partial charge is 0.124 e. The van der Waals surface area contributed by atoms with Gasteiger partial charge in [-0.3, -0.25) is 0 Å². The summed E-state index contributed by atoms with van der Waals surface area (Å²) in [5, 5.41) is 2.26. The standard InChI is InChI=1S/C23H19FNS.C19H26GeN.Ir/c24-18-6-7-19-20-13-17(5-8-22(20)26-23(19)14-18)21-12-16(9-10-25-21)11-15-3-1-2-4-15;1-19(2,3)13-16-12-18(15-10-8-7-9-11-15)21-14-17(16)20(4,5)6;/h6-10,12-15H,1-4,11H2;7-10,12,14H,13H2,1-6H3;/q2*-1;. The van der Waals surface area contributed by atoms with Crippen molar-refractivity contribution < 1.29 is 24.5 Å². The van der Waals surface area contributed by atoms with Gasteiger partial charge in [0.25, 0.3) is 0 Å². The van der Waals surface area contributed by atoms with Crippen molar-refractivity contribution in [3.63, 3.8) is 0 Å². The van der Waals surface area contributed by atoms with Crippen molar-refractivity contribution in [2.75, 3.05) is 0 Å². The van der Waals surface area contributed by atoms with E-state index in [1.54, 1.807) is 17.4 Å². The third kappa shape index (κ3) is 9.10. The molecule has 3 heterocycles. The largest absolute Gasteiger partial charge is 0.305 e. The van der Waals surface area contributed by atoms with Crippen LogP contribution in [-0.2, 0) is 32.9 Å². The molecule has 0 atom stereocenters. The van der Waals surface area contributed by atoms with Crippen LogP contribution in [0.1, 0.15) is 57.6 Å². The third-order valence-corrected chi connectivity index (χ3v) is 14.4. The van der Waals surface area contributed by atoms with Gasteiger partial charge in [0.2, 0.25) is 0 Å². The molecule has 6 heteroatoms. The van der Waals surface area contributed by atoms with Crippen LogP contribution in [0.4, 0.5) is 4.39 Å². The fourth-order valence-corrected chi connectivity index (χ4v) is 11.1. The minimum absolute atomic E-state index is 0. The van der Waals surface area contributed by atoms with E-state index in [2.05, 4.69) is 91.7 Å². The van der Waals surface area contributed by atoms with Crippen molar-refractivity contribution in [2.24, 2.45) is 11.3 Å². The zero-order chi connectivity index (χ0) is 33.2. The summed E-state index contributed by atoms with van der Waals surface area (Å²) < 4.78 is 17.2. The number of rotatable bonds is 6. The topological polar surface area (TPSA) is 25.8 Å². The van der Waals surface area contributed by atoms with Gasteiger partial charge in [0.1, 0.15) is 5.82 Å². The molecule has 1 aliphatic carbocycles. The zero-order valence-corrected chi connectivity index (χ0v) is 34.2. The van der Waals surface area contributed by atoms with Crippen LogP contribution >= 0.6 is 11.3 Å². The molecular formula is C42H45FGeIrN2S-2. The summed E-state index contributed by atoms with van der Waals surface area (Å²) in [6, 6.07) is 30.6. The number of hydrogen-bond acceptors (Lipinski definition) is 3. The van der Waals surface area contributed by atoms with Crippen LogP contribution in [-0.4, -0.2) is 23.2 Å². The predicted molar refractivity (Wildman–Crippen MR) is 202 cm³/mol. The predicted octanol–water partition coefficient (Wildman–Crippen LogP) is 11.5. The molecule has 1 radical (unpaired) electrons. The Morgan fingerprint density at radius 1 is 0.854 bits per heavy atom. The molecule has 0 saturated heterocycles. The summed E-state index contributed by atoms with van der Waals surface area (Å²) in [4.78, 5) is 9.30. The SMILES string of the molecule is CC(C)(C)Cc1cc(-c2[c-]cccc2)nc[c]1[Ge]([CH3])([CH3])[CH3].Fc1ccc2c(c1)sc1c[c-]c(-c3cc(CC4CCCC4)ccn3)cc12.[Ir]. The van der Waals surface area contributed by atoms with Gasteiger partial charge >= 0.3 is 132 Å². The molecule has 48 heavy (non-hydrogen) atoms. The monoisotopic (exact) mass is 895 g/mol. The summed E-state index contributed by atoms with van der Waals surface area (Å²) in [6.45, 7) is 6.92. The molecule has 0 N–H and O–H groups in total. The van der Waals surface area contributed by atoms with Crippen LogP contribution < -0.4 is 4.40 Å². The van der Waals surface area contributed by atoms with Gasteiger partial charge in [-0.15, -0.1) is 23.8 Å². The van der Waals surface area contributed by atoms with E-state index >= 15 is 0 Å². The van der Waals surface area contributed by atoms with Gasteiger partial charge < -0.3 is 4.98 Å². The number of fused-ring (bicyclic) bond motifs is 3. The number of hydrogen-bond donors (Lipinski definition) is 0. The Kier molecular flexibility index (Phi) is 11.8. The van der Waals surface area contributed by atoms with E-state index in [-0.39, 0.29) is 25.9 Å². The van der Waals surface area contributed by atoms with Crippen molar-refractivity contribution in [3.05, 3.63) is 114 Å². The molecule has 0 bridgehead atoms. The minimum Gasteiger partial charge on any atom is -0.305 e. The molecular weight excluding hydrogens is 848 g/mol. The molecule has 7 rings (SSSR count). The molecule has 2 nitrogen and oxygen atoms in total. The molecule has 1 saturated carbocycles. The van der Waals surface area contributed by atoms with Crippen LogP contribution in [0.25, 0.3) is 42.7 Å². The quantitative estimate of drug-likeness (QED) is 0.123. The van der Waals surface area contributed by atoms with Gasteiger partial charge in [-0.05, 0) is 46.3 Å². The normalized spacial score (nSPS) is 13.7. The van der Waals surface area contributed by atoms with Gasteiger partial charge in [-0.1, -0.05) is 48.8 Å². The van der Waals surface area contributed by atoms with Gasteiger partial charge in [0, 0.05) is 31.0 Å². The van der Waals surface area contributed by atoms with E-state index in [0.717, 1.165) is 61.4 Å². The zero-order valence-electron chi connectivity index (χ0n) is 28.9. The van der Waals surface area contributed by atoms with Crippen LogP contribution in [0, 0.1) is 29.3 Å². The van der Waals surface area contributed by atoms with Gasteiger partial charge in [-0.2, -0.15) is 11.3 Å². The van der Waals surface area contributed by atoms with E-state index in [0.29, 0.717) is 5.41 Å². The first-order chi connectivity index (χ1) is 22.4. The molecule has 251 valence electrons. The summed E-state index contributed by atoms with van der Waals surface area (Å²) in [5.41, 5.74) is 7.26. The molecule has 3 aromatic heterocycles. The van der Waals surface area contributed by atoms with E-state index in [9.17, 15) is 4.39 Å². The summed E-state index contributed by atoms with van der Waals surface area (Å²) in [5.74, 6) is 7.97. The fraction of sp³-hybridized carbons (Fsp3) is 0.333. The van der Waals surface area contributed by atoms with E-state index in [1.165, 1.54) is 47.3 Å². The van der Waals surface area contributed by atoms with Crippen molar-refractivity contribution in [1.29, 1.82) is 0 Å². The second-order valence-corrected chi connectivity index (χ2v) is 26.9. The summed E-state index contributed by atoms with van der Waals surface area (Å²) in [6.07, 6.45) is 11.8. The number of thiophene rings is 1. The van der Waals surface area contributed by atoms with Crippen molar-refractivity contribution >= 4 is 49.2 Å². The Balaban J connectivity index is 0.000000189. The molecule has 1 fully saturated rings. The Hall–Kier alpha value is -2.70. The maximum absolute atomic E-state index is 13.5. The molecule has 0 aliphatic heterocycles. The van der Waals surface area contributed by atoms with Gasteiger partial charge in [0.15, 0.2) is 0 Å². The van der Waals surface area contributed by atoms with Crippen molar-refractivity contribution in [2.45, 2.75) is 76.6 Å². The average Bonchev–Trinajstić information content (AvgIpc) is 3.67. The van der Waals surface area contributed by atoms with Gasteiger partial charge in [0.05, 0.1) is 0 Å². The molecule has 0 unspecified atom stereocenters. The molecule has 6 aromatic rings. The van der Waals surface area contributed by atoms with E-state index in [1.807, 2.05) is 36.5 Å². The first kappa shape index (κ1) is 36.6. The van der Waals surface area contributed by atoms with Crippen molar-refractivity contribution in [1.82, 2.24) is 9.97 Å². The van der Waals surface area contributed by atoms with Crippen LogP contribution in [0.2, 0.25) is 17.3 Å². The second kappa shape index (κ2) is 15.5. The Morgan fingerprint density at radius 3 is 2.33 bits per heavy atom. The van der Waals surface area contributed by atoms with Crippen molar-refractivity contribution in [3.8, 4) is 22.5 Å². The third-order valence-electron chi connectivity index (χ3n) is 8.97. The molecule has 1 aliphatic rings. The number of nitrogens with zero attached hydrogens (tertiary/aromatic N) is 2. The minimum atomic E-state index is -1.90. The first-order valence-electron chi connectivity index (χ1n) is 16.9. The number of benzene rings is 3. The molecule has 0 amide bonds. The van der Waals surface area contributed by atoms with E-state index < -0.39 is 13.3 Å². The van der Waals surface area contributed by atoms with E-state index in [4.69, 9.17) is 4.98 Å². The maximum atomic E-state index is 13.5. The van der Waals surface area contributed by atoms with Crippen LogP contribution in [0.5, 0.6) is 0 Å². The fourth-order valence-electron chi connectivity index (χ4n) is 6.73. The Bertz CT molecular complexity index is 1990. The Labute approximate surface area is 306 Å². The maximum Gasteiger partial charge on any atom is 0.124 e. The molecule has 3 aromatic carbocycles. The van der Waals surface area contributed by atoms with Crippen LogP contribution in [0.15, 0.2) is 85.2 Å². The molecule has 0 spiro atoms. The first-order valence-corrected chi connectivity index (χ1v) is 25.0. The Morgan fingerprint density at radius 2 is 1.62 bits per heavy atom. The van der Waals surface area contributed by atoms with Gasteiger partial charge in [-0.25, -0.2) is 4.39 Å². The average molecular weight is 894 g/mol. The summed E-state index contributed by atoms with van der Waals surface area (Å²) in [7, 11) is 0. The van der Waals surface area contributed by atoms with Crippen LogP contribution in [0.3, 0.4) is 0 Å². The second-order valence-electron chi connectivity index (χ2n) is 15.3.